The Balaban J connectivity index is 1.92. The molecule has 0 unspecified atom stereocenters. The first-order valence-electron chi connectivity index (χ1n) is 6.83. The molecule has 0 saturated heterocycles. The van der Waals surface area contributed by atoms with Crippen molar-refractivity contribution in [3.05, 3.63) is 35.6 Å². The number of benzene rings is 1. The van der Waals surface area contributed by atoms with Crippen LogP contribution in [0.4, 0.5) is 4.39 Å². The van der Waals surface area contributed by atoms with Crippen LogP contribution in [0, 0.1) is 5.82 Å². The van der Waals surface area contributed by atoms with Gasteiger partial charge in [-0.3, -0.25) is 4.79 Å². The lowest BCUT2D eigenvalue weighted by atomic mass is 10.1. The van der Waals surface area contributed by atoms with Crippen LogP contribution in [0.3, 0.4) is 0 Å². The minimum absolute atomic E-state index is 0.170. The standard InChI is InChI=1S/C14H19FN2O3S/c1-21(19,20)17(10-14(18)16-13-6-7-13)9-8-11-2-4-12(15)5-3-11/h2-5,13H,6-10H2,1H3,(H,16,18). The highest BCUT2D eigenvalue weighted by molar-refractivity contribution is 7.88. The number of halogens is 1. The number of nitrogens with zero attached hydrogens (tertiary/aromatic N) is 1. The summed E-state index contributed by atoms with van der Waals surface area (Å²) >= 11 is 0. The highest BCUT2D eigenvalue weighted by Crippen LogP contribution is 2.18. The number of hydrogen-bond acceptors (Lipinski definition) is 3. The van der Waals surface area contributed by atoms with Crippen molar-refractivity contribution in [2.24, 2.45) is 0 Å². The van der Waals surface area contributed by atoms with E-state index in [0.29, 0.717) is 6.42 Å². The fraction of sp³-hybridized carbons (Fsp3) is 0.500. The summed E-state index contributed by atoms with van der Waals surface area (Å²) < 4.78 is 37.4. The van der Waals surface area contributed by atoms with E-state index in [-0.39, 0.29) is 30.9 Å². The third kappa shape index (κ3) is 5.43. The van der Waals surface area contributed by atoms with Gasteiger partial charge in [-0.15, -0.1) is 0 Å². The molecule has 1 saturated carbocycles. The Labute approximate surface area is 124 Å². The highest BCUT2D eigenvalue weighted by Gasteiger charge is 2.26. The normalized spacial score (nSPS) is 15.2. The van der Waals surface area contributed by atoms with Gasteiger partial charge in [-0.25, -0.2) is 12.8 Å². The van der Waals surface area contributed by atoms with Crippen LogP contribution in [0.15, 0.2) is 24.3 Å². The topological polar surface area (TPSA) is 66.5 Å². The van der Waals surface area contributed by atoms with Crippen LogP contribution in [0.5, 0.6) is 0 Å². The van der Waals surface area contributed by atoms with Gasteiger partial charge < -0.3 is 5.32 Å². The zero-order valence-electron chi connectivity index (χ0n) is 11.9. The van der Waals surface area contributed by atoms with Crippen LogP contribution in [0.25, 0.3) is 0 Å². The fourth-order valence-corrected chi connectivity index (χ4v) is 2.70. The van der Waals surface area contributed by atoms with Crippen molar-refractivity contribution in [1.29, 1.82) is 0 Å². The van der Waals surface area contributed by atoms with E-state index >= 15 is 0 Å². The first-order chi connectivity index (χ1) is 9.84. The molecule has 1 aromatic carbocycles. The number of hydrogen-bond donors (Lipinski definition) is 1. The Bertz CT molecular complexity index is 597. The maximum atomic E-state index is 12.8. The molecular formula is C14H19FN2O3S. The average Bonchev–Trinajstić information content (AvgIpc) is 3.19. The molecule has 2 rings (SSSR count). The summed E-state index contributed by atoms with van der Waals surface area (Å²) in [5.74, 6) is -0.607. The van der Waals surface area contributed by atoms with Gasteiger partial charge in [0.2, 0.25) is 15.9 Å². The zero-order chi connectivity index (χ0) is 15.5. The van der Waals surface area contributed by atoms with Gasteiger partial charge in [0.25, 0.3) is 0 Å². The second-order valence-electron chi connectivity index (χ2n) is 5.31. The van der Waals surface area contributed by atoms with Crippen LogP contribution in [-0.2, 0) is 21.2 Å². The maximum absolute atomic E-state index is 12.8. The summed E-state index contributed by atoms with van der Waals surface area (Å²) in [5.41, 5.74) is 0.827. The largest absolute Gasteiger partial charge is 0.352 e. The molecule has 21 heavy (non-hydrogen) atoms. The second-order valence-corrected chi connectivity index (χ2v) is 7.30. The molecule has 0 radical (unpaired) electrons. The number of sulfonamides is 1. The Morgan fingerprint density at radius 2 is 1.95 bits per heavy atom. The van der Waals surface area contributed by atoms with Crippen molar-refractivity contribution in [3.63, 3.8) is 0 Å². The zero-order valence-corrected chi connectivity index (χ0v) is 12.7. The first-order valence-corrected chi connectivity index (χ1v) is 8.68. The molecule has 1 aliphatic carbocycles. The molecular weight excluding hydrogens is 295 g/mol. The molecule has 1 aromatic rings. The Morgan fingerprint density at radius 3 is 2.48 bits per heavy atom. The van der Waals surface area contributed by atoms with E-state index in [1.54, 1.807) is 12.1 Å². The van der Waals surface area contributed by atoms with Crippen molar-refractivity contribution in [2.75, 3.05) is 19.3 Å². The summed E-state index contributed by atoms with van der Waals surface area (Å²) in [6, 6.07) is 6.09. The molecule has 0 heterocycles. The van der Waals surface area contributed by atoms with E-state index < -0.39 is 10.0 Å². The van der Waals surface area contributed by atoms with Crippen LogP contribution in [-0.4, -0.2) is 44.0 Å². The molecule has 0 bridgehead atoms. The van der Waals surface area contributed by atoms with Gasteiger partial charge in [0.1, 0.15) is 5.82 Å². The van der Waals surface area contributed by atoms with E-state index in [1.165, 1.54) is 12.1 Å². The molecule has 0 spiro atoms. The van der Waals surface area contributed by atoms with Crippen molar-refractivity contribution in [2.45, 2.75) is 25.3 Å². The molecule has 1 amide bonds. The van der Waals surface area contributed by atoms with Gasteiger partial charge in [0.15, 0.2) is 0 Å². The van der Waals surface area contributed by atoms with Crippen LogP contribution in [0.2, 0.25) is 0 Å². The molecule has 1 N–H and O–H groups in total. The summed E-state index contributed by atoms with van der Waals surface area (Å²) in [4.78, 5) is 11.7. The molecule has 0 atom stereocenters. The minimum atomic E-state index is -3.46. The number of nitrogens with one attached hydrogen (secondary N) is 1. The molecule has 7 heteroatoms. The van der Waals surface area contributed by atoms with Gasteiger partial charge >= 0.3 is 0 Å². The van der Waals surface area contributed by atoms with E-state index in [0.717, 1.165) is 29.0 Å². The predicted octanol–water partition coefficient (Wildman–Crippen LogP) is 0.908. The lowest BCUT2D eigenvalue weighted by molar-refractivity contribution is -0.121. The molecule has 1 fully saturated rings. The summed E-state index contributed by atoms with van der Waals surface area (Å²) in [5, 5.41) is 2.77. The Morgan fingerprint density at radius 1 is 1.33 bits per heavy atom. The van der Waals surface area contributed by atoms with Crippen molar-refractivity contribution < 1.29 is 17.6 Å². The Kier molecular flexibility index (Phi) is 4.95. The third-order valence-electron chi connectivity index (χ3n) is 3.29. The molecule has 116 valence electrons. The SMILES string of the molecule is CS(=O)(=O)N(CCc1ccc(F)cc1)CC(=O)NC1CC1. The van der Waals surface area contributed by atoms with E-state index in [2.05, 4.69) is 5.32 Å². The van der Waals surface area contributed by atoms with Crippen molar-refractivity contribution in [1.82, 2.24) is 9.62 Å². The first kappa shape index (κ1) is 15.9. The van der Waals surface area contributed by atoms with Gasteiger partial charge in [-0.1, -0.05) is 12.1 Å². The van der Waals surface area contributed by atoms with Crippen molar-refractivity contribution in [3.8, 4) is 0 Å². The fourth-order valence-electron chi connectivity index (χ4n) is 1.93. The predicted molar refractivity (Wildman–Crippen MR) is 77.7 cm³/mol. The Hall–Kier alpha value is -1.47. The van der Waals surface area contributed by atoms with Gasteiger partial charge in [-0.2, -0.15) is 4.31 Å². The van der Waals surface area contributed by atoms with Gasteiger partial charge in [-0.05, 0) is 37.0 Å². The molecule has 0 aromatic heterocycles. The molecule has 1 aliphatic rings. The summed E-state index contributed by atoms with van der Waals surface area (Å²) in [7, 11) is -3.46. The molecule has 0 aliphatic heterocycles. The number of rotatable bonds is 7. The van der Waals surface area contributed by atoms with Crippen LogP contribution < -0.4 is 5.32 Å². The smallest absolute Gasteiger partial charge is 0.235 e. The maximum Gasteiger partial charge on any atom is 0.235 e. The number of carbonyl (C=O) groups is 1. The summed E-state index contributed by atoms with van der Waals surface area (Å²) in [6.07, 6.45) is 3.44. The monoisotopic (exact) mass is 314 g/mol. The number of amides is 1. The van der Waals surface area contributed by atoms with Crippen LogP contribution in [0.1, 0.15) is 18.4 Å². The minimum Gasteiger partial charge on any atom is -0.352 e. The summed E-state index contributed by atoms with van der Waals surface area (Å²) in [6.45, 7) is 0.0269. The lowest BCUT2D eigenvalue weighted by Crippen LogP contribution is -2.41. The number of carbonyl (C=O) groups excluding carboxylic acids is 1. The van der Waals surface area contributed by atoms with Gasteiger partial charge in [0.05, 0.1) is 12.8 Å². The third-order valence-corrected chi connectivity index (χ3v) is 4.54. The van der Waals surface area contributed by atoms with E-state index in [4.69, 9.17) is 0 Å². The van der Waals surface area contributed by atoms with Crippen LogP contribution >= 0.6 is 0 Å². The van der Waals surface area contributed by atoms with E-state index in [1.807, 2.05) is 0 Å². The lowest BCUT2D eigenvalue weighted by Gasteiger charge is -2.19. The molecule has 5 nitrogen and oxygen atoms in total. The average molecular weight is 314 g/mol. The second kappa shape index (κ2) is 6.53. The van der Waals surface area contributed by atoms with E-state index in [9.17, 15) is 17.6 Å². The van der Waals surface area contributed by atoms with Gasteiger partial charge in [0, 0.05) is 12.6 Å². The quantitative estimate of drug-likeness (QED) is 0.813. The highest BCUT2D eigenvalue weighted by atomic mass is 32.2. The van der Waals surface area contributed by atoms with Crippen molar-refractivity contribution >= 4 is 15.9 Å².